The Balaban J connectivity index is 2.37. The van der Waals surface area contributed by atoms with Crippen molar-refractivity contribution in [1.82, 2.24) is 0 Å². The van der Waals surface area contributed by atoms with E-state index in [1.165, 1.54) is 5.01 Å². The summed E-state index contributed by atoms with van der Waals surface area (Å²) in [5.74, 6) is -0.0461. The van der Waals surface area contributed by atoms with Gasteiger partial charge in [0.2, 0.25) is 0 Å². The van der Waals surface area contributed by atoms with Gasteiger partial charge in [-0.05, 0) is 24.6 Å². The number of rotatable bonds is 2. The summed E-state index contributed by atoms with van der Waals surface area (Å²) in [7, 11) is 0. The molecule has 1 aliphatic rings. The molecule has 0 bridgehead atoms. The summed E-state index contributed by atoms with van der Waals surface area (Å²) < 4.78 is 0. The number of anilines is 1. The highest BCUT2D eigenvalue weighted by Gasteiger charge is 2.24. The maximum absolute atomic E-state index is 11.7. The normalized spacial score (nSPS) is 15.6. The third-order valence-electron chi connectivity index (χ3n) is 2.33. The fourth-order valence-corrected chi connectivity index (χ4v) is 2.06. The molecule has 1 aromatic carbocycles. The molecular weight excluding hydrogens is 247 g/mol. The first kappa shape index (κ1) is 11.4. The van der Waals surface area contributed by atoms with Crippen molar-refractivity contribution in [1.29, 1.82) is 0 Å². The molecule has 0 unspecified atom stereocenters. The largest absolute Gasteiger partial charge is 0.272 e. The molecule has 84 valence electrons. The van der Waals surface area contributed by atoms with Gasteiger partial charge in [0, 0.05) is 15.8 Å². The Kier molecular flexibility index (Phi) is 3.17. The van der Waals surface area contributed by atoms with Gasteiger partial charge in [-0.1, -0.05) is 30.1 Å². The maximum Gasteiger partial charge on any atom is 0.253 e. The Labute approximate surface area is 104 Å². The molecule has 16 heavy (non-hydrogen) atoms. The molecule has 0 spiro atoms. The van der Waals surface area contributed by atoms with Crippen molar-refractivity contribution < 1.29 is 4.79 Å². The lowest BCUT2D eigenvalue weighted by Crippen LogP contribution is -2.19. The van der Waals surface area contributed by atoms with Gasteiger partial charge in [0.1, 0.15) is 0 Å². The zero-order chi connectivity index (χ0) is 11.7. The van der Waals surface area contributed by atoms with Crippen LogP contribution < -0.4 is 5.01 Å². The zero-order valence-electron chi connectivity index (χ0n) is 8.70. The molecule has 1 aliphatic heterocycles. The molecule has 3 nitrogen and oxygen atoms in total. The Bertz CT molecular complexity index is 451. The average Bonchev–Trinajstić information content (AvgIpc) is 2.58. The van der Waals surface area contributed by atoms with Gasteiger partial charge in [-0.2, -0.15) is 5.10 Å². The standard InChI is InChI=1S/C11H10Cl2N2O/c1-2-9-6-11(16)15(14-9)10-4-7(12)3-8(13)5-10/h3-5H,2,6H2,1H3. The molecule has 5 heteroatoms. The molecule has 0 saturated carbocycles. The van der Waals surface area contributed by atoms with Crippen molar-refractivity contribution in [3.8, 4) is 0 Å². The van der Waals surface area contributed by atoms with Gasteiger partial charge in [-0.15, -0.1) is 0 Å². The quantitative estimate of drug-likeness (QED) is 0.798. The van der Waals surface area contributed by atoms with Crippen LogP contribution in [0.4, 0.5) is 5.69 Å². The molecule has 1 aromatic rings. The summed E-state index contributed by atoms with van der Waals surface area (Å²) in [5, 5.41) is 6.57. The van der Waals surface area contributed by atoms with Crippen LogP contribution in [0.5, 0.6) is 0 Å². The summed E-state index contributed by atoms with van der Waals surface area (Å²) in [6.07, 6.45) is 1.15. The Morgan fingerprint density at radius 1 is 1.31 bits per heavy atom. The second-order valence-electron chi connectivity index (χ2n) is 3.53. The Morgan fingerprint density at radius 2 is 1.94 bits per heavy atom. The van der Waals surface area contributed by atoms with E-state index in [-0.39, 0.29) is 5.91 Å². The molecule has 1 heterocycles. The number of nitrogens with zero attached hydrogens (tertiary/aromatic N) is 2. The topological polar surface area (TPSA) is 32.7 Å². The van der Waals surface area contributed by atoms with Gasteiger partial charge in [0.15, 0.2) is 0 Å². The molecule has 2 rings (SSSR count). The Morgan fingerprint density at radius 3 is 2.44 bits per heavy atom. The van der Waals surface area contributed by atoms with Crippen molar-refractivity contribution in [3.05, 3.63) is 28.2 Å². The number of carbonyl (C=O) groups excluding carboxylic acids is 1. The van der Waals surface area contributed by atoms with Crippen LogP contribution >= 0.6 is 23.2 Å². The molecule has 0 saturated heterocycles. The number of hydrogen-bond acceptors (Lipinski definition) is 2. The Hall–Kier alpha value is -1.06. The van der Waals surface area contributed by atoms with Gasteiger partial charge >= 0.3 is 0 Å². The summed E-state index contributed by atoms with van der Waals surface area (Å²) in [5.41, 5.74) is 1.49. The minimum atomic E-state index is -0.0461. The van der Waals surface area contributed by atoms with Crippen LogP contribution in [0.15, 0.2) is 23.3 Å². The third-order valence-corrected chi connectivity index (χ3v) is 2.77. The first-order chi connectivity index (χ1) is 7.60. The third kappa shape index (κ3) is 2.20. The van der Waals surface area contributed by atoms with Gasteiger partial charge in [0.25, 0.3) is 5.91 Å². The van der Waals surface area contributed by atoms with Crippen molar-refractivity contribution in [2.75, 3.05) is 5.01 Å². The summed E-state index contributed by atoms with van der Waals surface area (Å²) >= 11 is 11.8. The predicted octanol–water partition coefficient (Wildman–Crippen LogP) is 3.50. The molecule has 0 radical (unpaired) electrons. The molecule has 0 aliphatic carbocycles. The highest BCUT2D eigenvalue weighted by molar-refractivity contribution is 6.35. The number of hydrogen-bond donors (Lipinski definition) is 0. The minimum absolute atomic E-state index is 0.0461. The maximum atomic E-state index is 11.7. The number of benzene rings is 1. The number of amides is 1. The monoisotopic (exact) mass is 256 g/mol. The molecule has 1 amide bonds. The van der Waals surface area contributed by atoms with Gasteiger partial charge in [-0.25, -0.2) is 5.01 Å². The van der Waals surface area contributed by atoms with Crippen LogP contribution in [-0.4, -0.2) is 11.6 Å². The summed E-state index contributed by atoms with van der Waals surface area (Å²) in [6, 6.07) is 4.97. The van der Waals surface area contributed by atoms with E-state index in [0.717, 1.165) is 12.1 Å². The lowest BCUT2D eigenvalue weighted by Gasteiger charge is -2.12. The van der Waals surface area contributed by atoms with Gasteiger partial charge < -0.3 is 0 Å². The van der Waals surface area contributed by atoms with E-state index in [1.807, 2.05) is 6.92 Å². The fourth-order valence-electron chi connectivity index (χ4n) is 1.54. The van der Waals surface area contributed by atoms with Crippen LogP contribution in [0.1, 0.15) is 19.8 Å². The van der Waals surface area contributed by atoms with E-state index in [2.05, 4.69) is 5.10 Å². The molecule has 0 N–H and O–H groups in total. The van der Waals surface area contributed by atoms with Crippen LogP contribution in [0.3, 0.4) is 0 Å². The first-order valence-electron chi connectivity index (χ1n) is 4.95. The first-order valence-corrected chi connectivity index (χ1v) is 5.71. The average molecular weight is 257 g/mol. The lowest BCUT2D eigenvalue weighted by atomic mass is 10.2. The second-order valence-corrected chi connectivity index (χ2v) is 4.40. The minimum Gasteiger partial charge on any atom is -0.272 e. The number of carbonyl (C=O) groups is 1. The zero-order valence-corrected chi connectivity index (χ0v) is 10.2. The fraction of sp³-hybridized carbons (Fsp3) is 0.273. The van der Waals surface area contributed by atoms with Crippen LogP contribution in [0.25, 0.3) is 0 Å². The van der Waals surface area contributed by atoms with Crippen molar-refractivity contribution in [2.45, 2.75) is 19.8 Å². The van der Waals surface area contributed by atoms with Crippen LogP contribution in [0.2, 0.25) is 10.0 Å². The van der Waals surface area contributed by atoms with E-state index in [4.69, 9.17) is 23.2 Å². The van der Waals surface area contributed by atoms with Crippen molar-refractivity contribution >= 4 is 40.5 Å². The highest BCUT2D eigenvalue weighted by atomic mass is 35.5. The van der Waals surface area contributed by atoms with Gasteiger partial charge in [0.05, 0.1) is 12.1 Å². The molecular formula is C11H10Cl2N2O. The highest BCUT2D eigenvalue weighted by Crippen LogP contribution is 2.28. The van der Waals surface area contributed by atoms with Crippen molar-refractivity contribution in [2.24, 2.45) is 5.10 Å². The SMILES string of the molecule is CCC1=NN(c2cc(Cl)cc(Cl)c2)C(=O)C1. The van der Waals surface area contributed by atoms with Crippen molar-refractivity contribution in [3.63, 3.8) is 0 Å². The number of hydrazone groups is 1. The van der Waals surface area contributed by atoms with E-state index >= 15 is 0 Å². The predicted molar refractivity (Wildman–Crippen MR) is 66.3 cm³/mol. The van der Waals surface area contributed by atoms with Crippen LogP contribution in [0, 0.1) is 0 Å². The smallest absolute Gasteiger partial charge is 0.253 e. The summed E-state index contributed by atoms with van der Waals surface area (Å²) in [4.78, 5) is 11.7. The number of halogens is 2. The van der Waals surface area contributed by atoms with E-state index in [0.29, 0.717) is 22.2 Å². The van der Waals surface area contributed by atoms with Gasteiger partial charge in [-0.3, -0.25) is 4.79 Å². The van der Waals surface area contributed by atoms with E-state index in [9.17, 15) is 4.79 Å². The lowest BCUT2D eigenvalue weighted by molar-refractivity contribution is -0.116. The molecule has 0 fully saturated rings. The van der Waals surface area contributed by atoms with E-state index < -0.39 is 0 Å². The molecule has 0 aromatic heterocycles. The second kappa shape index (κ2) is 4.44. The summed E-state index contributed by atoms with van der Waals surface area (Å²) in [6.45, 7) is 1.97. The van der Waals surface area contributed by atoms with Crippen LogP contribution in [-0.2, 0) is 4.79 Å². The molecule has 0 atom stereocenters. The van der Waals surface area contributed by atoms with E-state index in [1.54, 1.807) is 18.2 Å².